The molecule has 65 heavy (non-hydrogen) atoms. The van der Waals surface area contributed by atoms with Crippen molar-refractivity contribution >= 4 is 44.6 Å². The Bertz CT molecular complexity index is 3890. The molecule has 2 aromatic heterocycles. The van der Waals surface area contributed by atoms with E-state index in [1.165, 1.54) is 0 Å². The van der Waals surface area contributed by atoms with Gasteiger partial charge < -0.3 is 19.3 Å². The Morgan fingerprint density at radius 2 is 1.34 bits per heavy atom. The largest absolute Gasteiger partial charge is 0.457 e. The highest BCUT2D eigenvalue weighted by atomic mass is 16.5. The fourth-order valence-corrected chi connectivity index (χ4v) is 9.23. The van der Waals surface area contributed by atoms with E-state index in [0.717, 1.165) is 39.3 Å². The number of aromatic nitrogens is 2. The maximum atomic E-state index is 9.51. The molecule has 0 saturated heterocycles. The minimum Gasteiger partial charge on any atom is -0.457 e. The number of benzene rings is 8. The van der Waals surface area contributed by atoms with E-state index in [1.54, 1.807) is 67.1 Å². The molecule has 6 heterocycles. The van der Waals surface area contributed by atoms with Crippen LogP contribution in [0, 0.1) is 12.8 Å². The molecule has 10 aromatic rings. The summed E-state index contributed by atoms with van der Waals surface area (Å²) < 4.78 is 95.8. The molecule has 0 atom stereocenters. The van der Waals surface area contributed by atoms with Crippen molar-refractivity contribution in [3.63, 3.8) is 0 Å². The first-order valence-corrected chi connectivity index (χ1v) is 21.7. The molecule has 0 fully saturated rings. The number of hydrogen-bond acceptors (Lipinski definition) is 5. The van der Waals surface area contributed by atoms with Crippen molar-refractivity contribution in [3.8, 4) is 62.2 Å². The summed E-state index contributed by atoms with van der Waals surface area (Å²) in [4.78, 5) is 9.35. The number of fused-ring (bicyclic) bond motifs is 5. The summed E-state index contributed by atoms with van der Waals surface area (Å²) in [5, 5.41) is 0.705. The average molecular weight is 852 g/mol. The minimum absolute atomic E-state index is 0.0206. The number of pyridine rings is 1. The van der Waals surface area contributed by atoms with Gasteiger partial charge in [0.15, 0.2) is 0 Å². The van der Waals surface area contributed by atoms with Crippen LogP contribution in [-0.2, 0) is 6.37 Å². The second-order valence-corrected chi connectivity index (χ2v) is 16.6. The molecule has 314 valence electrons. The topological polar surface area (TPSA) is 42.8 Å². The minimum atomic E-state index is -2.59. The zero-order chi connectivity index (χ0) is 51.4. The molecular formula is C59H46N4O2. The Kier molecular flexibility index (Phi) is 7.22. The number of anilines is 4. The van der Waals surface area contributed by atoms with Crippen LogP contribution in [0.25, 0.3) is 61.0 Å². The van der Waals surface area contributed by atoms with Gasteiger partial charge in [0.1, 0.15) is 35.5 Å². The lowest BCUT2D eigenvalue weighted by Gasteiger charge is -2.27. The molecule has 0 saturated carbocycles. The highest BCUT2D eigenvalue weighted by Crippen LogP contribution is 2.51. The lowest BCUT2D eigenvalue weighted by Crippen LogP contribution is -2.25. The summed E-state index contributed by atoms with van der Waals surface area (Å²) in [5.41, 5.74) is 9.41. The van der Waals surface area contributed by atoms with Crippen LogP contribution < -0.4 is 19.3 Å². The predicted octanol–water partition coefficient (Wildman–Crippen LogP) is 15.8. The molecular weight excluding hydrogens is 797 g/mol. The van der Waals surface area contributed by atoms with Gasteiger partial charge in [-0.15, -0.1) is 0 Å². The van der Waals surface area contributed by atoms with Gasteiger partial charge in [-0.3, -0.25) is 4.57 Å². The highest BCUT2D eigenvalue weighted by Gasteiger charge is 2.32. The molecule has 0 N–H and O–H groups in total. The standard InChI is InChI=1S/C59H46N4O2/c1-38(2)31-43-33-58-60-36-52(43)41-24-27-45(28-25-41)64-46-16-11-15-42(32-46)49-19-12-18-48(40-13-5-4-6-14-40)59(49)62-37-61(54-21-9-10-22-55(54)62)44-26-23-39(3)57(34-44)65-47-29-30-51-50-17-7-8-20-53(50)63(58)56(51)35-47/h4-30,32-36,38H,31,37H2,1-3H3/i3D3,7D,8D,17D,20D,31D2. The third-order valence-electron chi connectivity index (χ3n) is 12.1. The van der Waals surface area contributed by atoms with Gasteiger partial charge in [0, 0.05) is 58.3 Å². The second kappa shape index (κ2) is 15.6. The van der Waals surface area contributed by atoms with Crippen molar-refractivity contribution in [2.75, 3.05) is 16.5 Å². The van der Waals surface area contributed by atoms with E-state index in [2.05, 4.69) is 52.3 Å². The van der Waals surface area contributed by atoms with Crippen LogP contribution in [0.1, 0.15) is 37.3 Å². The summed E-state index contributed by atoms with van der Waals surface area (Å²) in [5.74, 6) is 1.20. The smallest absolute Gasteiger partial charge is 0.137 e. The second-order valence-electron chi connectivity index (χ2n) is 16.6. The monoisotopic (exact) mass is 851 g/mol. The van der Waals surface area contributed by atoms with Crippen LogP contribution in [0.2, 0.25) is 0 Å². The molecule has 6 heteroatoms. The lowest BCUT2D eigenvalue weighted by atomic mass is 9.94. The van der Waals surface area contributed by atoms with Crippen molar-refractivity contribution in [2.24, 2.45) is 5.92 Å². The number of rotatable bonds is 3. The number of hydrogen-bond donors (Lipinski definition) is 0. The van der Waals surface area contributed by atoms with Crippen LogP contribution in [0.4, 0.5) is 22.7 Å². The van der Waals surface area contributed by atoms with E-state index < -0.39 is 31.2 Å². The summed E-state index contributed by atoms with van der Waals surface area (Å²) in [6.45, 7) is 1.37. The van der Waals surface area contributed by atoms with E-state index in [-0.39, 0.29) is 45.9 Å². The number of para-hydroxylation sites is 4. The van der Waals surface area contributed by atoms with Crippen molar-refractivity contribution in [3.05, 3.63) is 205 Å². The Balaban J connectivity index is 1.13. The molecule has 4 aliphatic heterocycles. The maximum Gasteiger partial charge on any atom is 0.137 e. The third kappa shape index (κ3) is 6.77. The number of nitrogens with zero attached hydrogens (tertiary/aromatic N) is 4. The first-order chi connectivity index (χ1) is 35.6. The molecule has 0 spiro atoms. The zero-order valence-corrected chi connectivity index (χ0v) is 35.6. The van der Waals surface area contributed by atoms with E-state index in [4.69, 9.17) is 22.7 Å². The van der Waals surface area contributed by atoms with Gasteiger partial charge in [-0.1, -0.05) is 123 Å². The first kappa shape index (κ1) is 30.1. The Morgan fingerprint density at radius 3 is 2.17 bits per heavy atom. The van der Waals surface area contributed by atoms with Gasteiger partial charge in [0.05, 0.1) is 33.6 Å². The van der Waals surface area contributed by atoms with E-state index in [1.807, 2.05) is 78.9 Å². The van der Waals surface area contributed by atoms with Gasteiger partial charge >= 0.3 is 0 Å². The molecule has 12 bridgehead atoms. The zero-order valence-electron chi connectivity index (χ0n) is 44.6. The lowest BCUT2D eigenvalue weighted by molar-refractivity contribution is 0.479. The SMILES string of the molecule is [2H]c1c([2H])c([2H])c2c(c1[2H])c1ccc3cc1n2-c1cc(C([2H])([2H])C(C)C)c(cn1)-c1ccc(cc1)Oc1cccc(c1)-c1cccc(-c2ccccc2)c1N1CN(c2ccc(C([2H])([2H])[2H])c(c2)O3)c2ccccc21. The fraction of sp³-hybridized carbons (Fsp3) is 0.102. The van der Waals surface area contributed by atoms with Crippen LogP contribution in [0.15, 0.2) is 194 Å². The van der Waals surface area contributed by atoms with Crippen molar-refractivity contribution < 1.29 is 21.8 Å². The van der Waals surface area contributed by atoms with Crippen LogP contribution in [0.3, 0.4) is 0 Å². The van der Waals surface area contributed by atoms with E-state index in [0.29, 0.717) is 51.4 Å². The Labute approximate surface area is 391 Å². The summed E-state index contributed by atoms with van der Waals surface area (Å²) in [6, 6.07) is 50.5. The van der Waals surface area contributed by atoms with Gasteiger partial charge in [-0.25, -0.2) is 4.98 Å². The summed E-state index contributed by atoms with van der Waals surface area (Å²) in [7, 11) is 0. The van der Waals surface area contributed by atoms with Gasteiger partial charge in [-0.05, 0) is 114 Å². The molecule has 0 amide bonds. The van der Waals surface area contributed by atoms with E-state index >= 15 is 0 Å². The van der Waals surface area contributed by atoms with Crippen LogP contribution in [-0.4, -0.2) is 16.2 Å². The number of ether oxygens (including phenoxy) is 2. The maximum absolute atomic E-state index is 9.51. The molecule has 14 rings (SSSR count). The summed E-state index contributed by atoms with van der Waals surface area (Å²) in [6.07, 6.45) is -0.305. The van der Waals surface area contributed by atoms with Crippen LogP contribution in [0.5, 0.6) is 23.0 Å². The number of aryl methyl sites for hydroxylation is 1. The molecule has 4 aliphatic rings. The van der Waals surface area contributed by atoms with Gasteiger partial charge in [-0.2, -0.15) is 0 Å². The van der Waals surface area contributed by atoms with Crippen molar-refractivity contribution in [2.45, 2.75) is 27.1 Å². The summed E-state index contributed by atoms with van der Waals surface area (Å²) >= 11 is 0. The molecule has 0 aliphatic carbocycles. The molecule has 6 nitrogen and oxygen atoms in total. The van der Waals surface area contributed by atoms with E-state index in [9.17, 15) is 4.11 Å². The predicted molar refractivity (Wildman–Crippen MR) is 267 cm³/mol. The fourth-order valence-electron chi connectivity index (χ4n) is 9.23. The molecule has 8 aromatic carbocycles. The van der Waals surface area contributed by atoms with Gasteiger partial charge in [0.25, 0.3) is 0 Å². The molecule has 0 unspecified atom stereocenters. The quantitative estimate of drug-likeness (QED) is 0.177. The first-order valence-electron chi connectivity index (χ1n) is 26.2. The van der Waals surface area contributed by atoms with Crippen LogP contribution >= 0.6 is 0 Å². The van der Waals surface area contributed by atoms with Gasteiger partial charge in [0.2, 0.25) is 0 Å². The highest BCUT2D eigenvalue weighted by molar-refractivity contribution is 6.09. The Hall–Kier alpha value is -8.09. The molecule has 0 radical (unpaired) electrons. The average Bonchev–Trinajstić information content (AvgIpc) is 3.97. The van der Waals surface area contributed by atoms with Crippen molar-refractivity contribution in [1.29, 1.82) is 0 Å². The normalized spacial score (nSPS) is 15.3. The Morgan fingerprint density at radius 1 is 0.615 bits per heavy atom. The third-order valence-corrected chi connectivity index (χ3v) is 12.1. The van der Waals surface area contributed by atoms with Crippen molar-refractivity contribution in [1.82, 2.24) is 9.55 Å².